The summed E-state index contributed by atoms with van der Waals surface area (Å²) >= 11 is 0. The highest BCUT2D eigenvalue weighted by atomic mass is 19.1. The van der Waals surface area contributed by atoms with E-state index in [1.807, 2.05) is 0 Å². The van der Waals surface area contributed by atoms with Crippen LogP contribution in [0.5, 0.6) is 0 Å². The first-order valence-electron chi connectivity index (χ1n) is 7.53. The summed E-state index contributed by atoms with van der Waals surface area (Å²) in [4.78, 5) is 28.5. The molecular formula is C16H18FN3O2. The number of halogens is 1. The molecule has 0 radical (unpaired) electrons. The van der Waals surface area contributed by atoms with Gasteiger partial charge in [-0.1, -0.05) is 6.42 Å². The Kier molecular flexibility index (Phi) is 4.29. The van der Waals surface area contributed by atoms with Gasteiger partial charge in [0.1, 0.15) is 5.82 Å². The van der Waals surface area contributed by atoms with Crippen molar-refractivity contribution in [1.82, 2.24) is 14.9 Å². The van der Waals surface area contributed by atoms with Crippen LogP contribution in [0.3, 0.4) is 0 Å². The molecule has 0 bridgehead atoms. The number of hydrogen-bond donors (Lipinski definition) is 1. The normalized spacial score (nSPS) is 18.5. The minimum absolute atomic E-state index is 0.00441. The summed E-state index contributed by atoms with van der Waals surface area (Å²) in [7, 11) is 0. The minimum atomic E-state index is -0.434. The van der Waals surface area contributed by atoms with E-state index in [1.54, 1.807) is 0 Å². The van der Waals surface area contributed by atoms with Crippen molar-refractivity contribution in [3.63, 3.8) is 0 Å². The Labute approximate surface area is 127 Å². The highest BCUT2D eigenvalue weighted by Crippen LogP contribution is 2.11. The van der Waals surface area contributed by atoms with E-state index in [0.717, 1.165) is 25.8 Å². The van der Waals surface area contributed by atoms with Crippen LogP contribution in [0.25, 0.3) is 10.9 Å². The molecule has 0 spiro atoms. The fourth-order valence-corrected chi connectivity index (χ4v) is 2.87. The third kappa shape index (κ3) is 3.22. The molecule has 1 aromatic carbocycles. The van der Waals surface area contributed by atoms with Gasteiger partial charge in [-0.05, 0) is 31.5 Å². The lowest BCUT2D eigenvalue weighted by Crippen LogP contribution is -2.37. The smallest absolute Gasteiger partial charge is 0.261 e. The van der Waals surface area contributed by atoms with E-state index < -0.39 is 5.82 Å². The first-order chi connectivity index (χ1) is 10.6. The zero-order valence-corrected chi connectivity index (χ0v) is 12.2. The van der Waals surface area contributed by atoms with E-state index in [0.29, 0.717) is 17.3 Å². The maximum Gasteiger partial charge on any atom is 0.261 e. The molecule has 5 nitrogen and oxygen atoms in total. The number of rotatable bonds is 4. The molecule has 1 saturated heterocycles. The number of nitrogens with one attached hydrogen (secondary N) is 1. The highest BCUT2D eigenvalue weighted by molar-refractivity contribution is 5.80. The van der Waals surface area contributed by atoms with Crippen LogP contribution in [0.15, 0.2) is 29.3 Å². The molecule has 2 aromatic rings. The number of fused-ring (bicyclic) bond motifs is 1. The number of ketones is 1. The lowest BCUT2D eigenvalue weighted by atomic mass is 10.00. The second-order valence-corrected chi connectivity index (χ2v) is 5.73. The van der Waals surface area contributed by atoms with E-state index >= 15 is 0 Å². The Hall–Kier alpha value is -2.08. The summed E-state index contributed by atoms with van der Waals surface area (Å²) in [6.07, 6.45) is 5.02. The van der Waals surface area contributed by atoms with Crippen molar-refractivity contribution < 1.29 is 9.18 Å². The van der Waals surface area contributed by atoms with E-state index in [9.17, 15) is 14.0 Å². The van der Waals surface area contributed by atoms with E-state index in [2.05, 4.69) is 10.3 Å². The van der Waals surface area contributed by atoms with Crippen molar-refractivity contribution in [3.05, 3.63) is 40.7 Å². The molecule has 2 heterocycles. The summed E-state index contributed by atoms with van der Waals surface area (Å²) in [5, 5.41) is 3.65. The van der Waals surface area contributed by atoms with Crippen LogP contribution in [0, 0.1) is 5.82 Å². The van der Waals surface area contributed by atoms with Crippen molar-refractivity contribution in [2.45, 2.75) is 38.3 Å². The van der Waals surface area contributed by atoms with Gasteiger partial charge in [0.2, 0.25) is 0 Å². The Morgan fingerprint density at radius 2 is 2.27 bits per heavy atom. The number of carbonyl (C=O) groups is 1. The summed E-state index contributed by atoms with van der Waals surface area (Å²) < 4.78 is 14.4. The third-order valence-electron chi connectivity index (χ3n) is 4.02. The molecule has 0 saturated carbocycles. The summed E-state index contributed by atoms with van der Waals surface area (Å²) in [6.45, 7) is 0.957. The fourth-order valence-electron chi connectivity index (χ4n) is 2.87. The average Bonchev–Trinajstić information content (AvgIpc) is 2.51. The average molecular weight is 303 g/mol. The molecule has 1 N–H and O–H groups in total. The summed E-state index contributed by atoms with van der Waals surface area (Å²) in [5.74, 6) is -0.429. The largest absolute Gasteiger partial charge is 0.314 e. The number of aromatic nitrogens is 2. The van der Waals surface area contributed by atoms with Crippen LogP contribution >= 0.6 is 0 Å². The Balaban J connectivity index is 1.76. The zero-order valence-electron chi connectivity index (χ0n) is 12.2. The molecule has 1 atom stereocenters. The van der Waals surface area contributed by atoms with Gasteiger partial charge in [-0.3, -0.25) is 14.2 Å². The van der Waals surface area contributed by atoms with Gasteiger partial charge in [0.05, 0.1) is 23.8 Å². The van der Waals surface area contributed by atoms with Gasteiger partial charge in [0.25, 0.3) is 5.56 Å². The molecule has 1 aliphatic heterocycles. The minimum Gasteiger partial charge on any atom is -0.314 e. The van der Waals surface area contributed by atoms with Crippen LogP contribution in [0.4, 0.5) is 4.39 Å². The summed E-state index contributed by atoms with van der Waals surface area (Å²) in [5.41, 5.74) is -0.00222. The number of piperidine rings is 1. The van der Waals surface area contributed by atoms with Crippen LogP contribution in [-0.4, -0.2) is 27.9 Å². The molecule has 1 fully saturated rings. The molecule has 0 aliphatic carbocycles. The molecule has 0 unspecified atom stereocenters. The van der Waals surface area contributed by atoms with E-state index in [4.69, 9.17) is 0 Å². The molecule has 3 rings (SSSR count). The molecule has 1 aliphatic rings. The lowest BCUT2D eigenvalue weighted by Gasteiger charge is -2.22. The number of benzene rings is 1. The summed E-state index contributed by atoms with van der Waals surface area (Å²) in [6, 6.07) is 4.06. The Bertz CT molecular complexity index is 751. The highest BCUT2D eigenvalue weighted by Gasteiger charge is 2.17. The molecular weight excluding hydrogens is 285 g/mol. The number of hydrogen-bond acceptors (Lipinski definition) is 4. The quantitative estimate of drug-likeness (QED) is 0.932. The maximum atomic E-state index is 13.1. The van der Waals surface area contributed by atoms with Gasteiger partial charge in [-0.2, -0.15) is 0 Å². The van der Waals surface area contributed by atoms with Crippen LogP contribution in [-0.2, 0) is 11.3 Å². The van der Waals surface area contributed by atoms with Crippen LogP contribution in [0.1, 0.15) is 25.7 Å². The molecule has 0 amide bonds. The van der Waals surface area contributed by atoms with Crippen molar-refractivity contribution in [1.29, 1.82) is 0 Å². The maximum absolute atomic E-state index is 13.1. The number of Topliss-reactive ketones (excluding diaryl/α,β-unsaturated/α-hetero) is 1. The van der Waals surface area contributed by atoms with Crippen molar-refractivity contribution in [3.8, 4) is 0 Å². The van der Waals surface area contributed by atoms with Gasteiger partial charge >= 0.3 is 0 Å². The second kappa shape index (κ2) is 6.36. The second-order valence-electron chi connectivity index (χ2n) is 5.73. The monoisotopic (exact) mass is 303 g/mol. The first-order valence-corrected chi connectivity index (χ1v) is 7.53. The van der Waals surface area contributed by atoms with E-state index in [-0.39, 0.29) is 23.9 Å². The topological polar surface area (TPSA) is 64.0 Å². The van der Waals surface area contributed by atoms with Gasteiger partial charge < -0.3 is 5.32 Å². The van der Waals surface area contributed by atoms with Crippen LogP contribution < -0.4 is 10.9 Å². The number of carbonyl (C=O) groups excluding carboxylic acids is 1. The van der Waals surface area contributed by atoms with Gasteiger partial charge in [0.15, 0.2) is 5.78 Å². The van der Waals surface area contributed by atoms with E-state index in [1.165, 1.54) is 29.1 Å². The molecule has 1 aromatic heterocycles. The van der Waals surface area contributed by atoms with Crippen molar-refractivity contribution >= 4 is 16.7 Å². The van der Waals surface area contributed by atoms with Gasteiger partial charge in [-0.15, -0.1) is 0 Å². The molecule has 22 heavy (non-hydrogen) atoms. The molecule has 6 heteroatoms. The SMILES string of the molecule is O=C(C[C@@H]1CCCCN1)Cn1cnc2cc(F)ccc2c1=O. The fraction of sp³-hybridized carbons (Fsp3) is 0.438. The zero-order chi connectivity index (χ0) is 15.5. The lowest BCUT2D eigenvalue weighted by molar-refractivity contribution is -0.120. The van der Waals surface area contributed by atoms with Gasteiger partial charge in [0, 0.05) is 18.5 Å². The third-order valence-corrected chi connectivity index (χ3v) is 4.02. The van der Waals surface area contributed by atoms with Crippen molar-refractivity contribution in [2.75, 3.05) is 6.54 Å². The number of nitrogens with zero attached hydrogens (tertiary/aromatic N) is 2. The first kappa shape index (κ1) is 14.8. The van der Waals surface area contributed by atoms with Crippen molar-refractivity contribution in [2.24, 2.45) is 0 Å². The standard InChI is InChI=1S/C16H18FN3O2/c17-11-4-5-14-15(7-11)19-10-20(16(14)22)9-13(21)8-12-3-1-2-6-18-12/h4-5,7,10,12,18H,1-3,6,8-9H2/t12-/m0/s1. The Morgan fingerprint density at radius 3 is 3.05 bits per heavy atom. The van der Waals surface area contributed by atoms with Gasteiger partial charge in [-0.25, -0.2) is 9.37 Å². The predicted molar refractivity (Wildman–Crippen MR) is 81.2 cm³/mol. The predicted octanol–water partition coefficient (Wildman–Crippen LogP) is 1.64. The molecule has 116 valence electrons. The van der Waals surface area contributed by atoms with Crippen LogP contribution in [0.2, 0.25) is 0 Å². The Morgan fingerprint density at radius 1 is 1.41 bits per heavy atom.